The van der Waals surface area contributed by atoms with Gasteiger partial charge in [0.15, 0.2) is 0 Å². The molecule has 0 aliphatic carbocycles. The van der Waals surface area contributed by atoms with Crippen molar-refractivity contribution in [2.24, 2.45) is 0 Å². The Labute approximate surface area is 118 Å². The molecule has 0 bridgehead atoms. The fraction of sp³-hybridized carbons (Fsp3) is 0.400. The number of nitriles is 1. The van der Waals surface area contributed by atoms with E-state index in [0.717, 1.165) is 0 Å². The maximum atomic E-state index is 12.0. The predicted molar refractivity (Wildman–Crippen MR) is 72.1 cm³/mol. The van der Waals surface area contributed by atoms with Gasteiger partial charge in [0.1, 0.15) is 0 Å². The SMILES string of the molecule is CCOC(=O)c1c(CC#N)cccc1CCC(=O)OC. The molecule has 106 valence electrons. The minimum Gasteiger partial charge on any atom is -0.469 e. The number of aryl methyl sites for hydroxylation is 1. The highest BCUT2D eigenvalue weighted by molar-refractivity contribution is 5.93. The Hall–Kier alpha value is -2.35. The predicted octanol–water partition coefficient (Wildman–Crippen LogP) is 2.03. The summed E-state index contributed by atoms with van der Waals surface area (Å²) in [4.78, 5) is 23.2. The van der Waals surface area contributed by atoms with Crippen LogP contribution in [0, 0.1) is 11.3 Å². The number of methoxy groups -OCH3 is 1. The average Bonchev–Trinajstić information content (AvgIpc) is 2.45. The number of nitrogens with zero attached hydrogens (tertiary/aromatic N) is 1. The zero-order valence-electron chi connectivity index (χ0n) is 11.6. The molecule has 20 heavy (non-hydrogen) atoms. The summed E-state index contributed by atoms with van der Waals surface area (Å²) in [6.07, 6.45) is 0.680. The molecule has 5 heteroatoms. The first-order valence-electron chi connectivity index (χ1n) is 6.35. The van der Waals surface area contributed by atoms with Gasteiger partial charge in [-0.15, -0.1) is 0 Å². The summed E-state index contributed by atoms with van der Waals surface area (Å²) in [7, 11) is 1.32. The Bertz CT molecular complexity index is 531. The molecule has 5 nitrogen and oxygen atoms in total. The van der Waals surface area contributed by atoms with Gasteiger partial charge in [-0.2, -0.15) is 5.26 Å². The van der Waals surface area contributed by atoms with Gasteiger partial charge >= 0.3 is 11.9 Å². The molecule has 1 aromatic carbocycles. The quantitative estimate of drug-likeness (QED) is 0.742. The van der Waals surface area contributed by atoms with Gasteiger partial charge in [-0.05, 0) is 24.5 Å². The van der Waals surface area contributed by atoms with E-state index in [1.807, 2.05) is 6.07 Å². The molecule has 1 rings (SSSR count). The van der Waals surface area contributed by atoms with E-state index in [0.29, 0.717) is 23.1 Å². The highest BCUT2D eigenvalue weighted by atomic mass is 16.5. The van der Waals surface area contributed by atoms with Crippen LogP contribution in [0.25, 0.3) is 0 Å². The molecule has 0 saturated heterocycles. The lowest BCUT2D eigenvalue weighted by molar-refractivity contribution is -0.140. The summed E-state index contributed by atoms with van der Waals surface area (Å²) in [5, 5.41) is 8.83. The van der Waals surface area contributed by atoms with Gasteiger partial charge in [0.05, 0.1) is 31.8 Å². The third-order valence-electron chi connectivity index (χ3n) is 2.81. The van der Waals surface area contributed by atoms with E-state index in [1.54, 1.807) is 25.1 Å². The minimum absolute atomic E-state index is 0.125. The number of hydrogen-bond donors (Lipinski definition) is 0. The van der Waals surface area contributed by atoms with E-state index in [4.69, 9.17) is 10.00 Å². The van der Waals surface area contributed by atoms with Crippen molar-refractivity contribution >= 4 is 11.9 Å². The largest absolute Gasteiger partial charge is 0.469 e. The molecule has 0 heterocycles. The van der Waals surface area contributed by atoms with Crippen molar-refractivity contribution in [3.63, 3.8) is 0 Å². The first-order chi connectivity index (χ1) is 9.63. The van der Waals surface area contributed by atoms with Crippen LogP contribution in [0.5, 0.6) is 0 Å². The van der Waals surface area contributed by atoms with E-state index in [2.05, 4.69) is 4.74 Å². The normalized spacial score (nSPS) is 9.65. The standard InChI is InChI=1S/C15H17NO4/c1-3-20-15(18)14-11(7-8-13(17)19-2)5-4-6-12(14)9-10-16/h4-6H,3,7-9H2,1-2H3. The van der Waals surface area contributed by atoms with E-state index in [1.165, 1.54) is 7.11 Å². The van der Waals surface area contributed by atoms with Crippen molar-refractivity contribution in [3.8, 4) is 6.07 Å². The van der Waals surface area contributed by atoms with Crippen molar-refractivity contribution in [2.45, 2.75) is 26.2 Å². The molecule has 0 atom stereocenters. The lowest BCUT2D eigenvalue weighted by atomic mass is 9.96. The fourth-order valence-electron chi connectivity index (χ4n) is 1.90. The molecule has 0 aliphatic rings. The third-order valence-corrected chi connectivity index (χ3v) is 2.81. The zero-order valence-corrected chi connectivity index (χ0v) is 11.6. The van der Waals surface area contributed by atoms with Crippen molar-refractivity contribution in [1.82, 2.24) is 0 Å². The van der Waals surface area contributed by atoms with E-state index in [9.17, 15) is 9.59 Å². The molecule has 0 fully saturated rings. The average molecular weight is 275 g/mol. The molecule has 0 N–H and O–H groups in total. The lowest BCUT2D eigenvalue weighted by Crippen LogP contribution is -2.13. The lowest BCUT2D eigenvalue weighted by Gasteiger charge is -2.12. The molecule has 0 unspecified atom stereocenters. The van der Waals surface area contributed by atoms with E-state index >= 15 is 0 Å². The highest BCUT2D eigenvalue weighted by Crippen LogP contribution is 2.19. The number of carbonyl (C=O) groups is 2. The zero-order chi connectivity index (χ0) is 15.0. The summed E-state index contributed by atoms with van der Waals surface area (Å²) >= 11 is 0. The van der Waals surface area contributed by atoms with Gasteiger partial charge < -0.3 is 9.47 Å². The topological polar surface area (TPSA) is 76.4 Å². The second kappa shape index (κ2) is 7.95. The van der Waals surface area contributed by atoms with Crippen LogP contribution >= 0.6 is 0 Å². The fourth-order valence-corrected chi connectivity index (χ4v) is 1.90. The van der Waals surface area contributed by atoms with Gasteiger partial charge in [-0.3, -0.25) is 4.79 Å². The highest BCUT2D eigenvalue weighted by Gasteiger charge is 2.18. The molecule has 0 radical (unpaired) electrons. The first kappa shape index (κ1) is 15.7. The van der Waals surface area contributed by atoms with Crippen LogP contribution in [-0.2, 0) is 27.1 Å². The van der Waals surface area contributed by atoms with E-state index in [-0.39, 0.29) is 25.4 Å². The smallest absolute Gasteiger partial charge is 0.338 e. The van der Waals surface area contributed by atoms with Crippen LogP contribution in [0.3, 0.4) is 0 Å². The maximum Gasteiger partial charge on any atom is 0.338 e. The van der Waals surface area contributed by atoms with Crippen LogP contribution in [0.15, 0.2) is 18.2 Å². The van der Waals surface area contributed by atoms with Crippen molar-refractivity contribution in [2.75, 3.05) is 13.7 Å². The van der Waals surface area contributed by atoms with Crippen molar-refractivity contribution in [3.05, 3.63) is 34.9 Å². The summed E-state index contributed by atoms with van der Waals surface area (Å²) in [5.41, 5.74) is 1.70. The Morgan fingerprint density at radius 2 is 2.00 bits per heavy atom. The van der Waals surface area contributed by atoms with Crippen LogP contribution in [-0.4, -0.2) is 25.7 Å². The molecule has 0 amide bonds. The summed E-state index contributed by atoms with van der Waals surface area (Å²) < 4.78 is 9.61. The Balaban J connectivity index is 3.08. The summed E-state index contributed by atoms with van der Waals surface area (Å²) in [5.74, 6) is -0.802. The number of esters is 2. The molecular weight excluding hydrogens is 258 g/mol. The second-order valence-corrected chi connectivity index (χ2v) is 4.08. The molecule has 0 spiro atoms. The van der Waals surface area contributed by atoms with E-state index < -0.39 is 5.97 Å². The number of benzene rings is 1. The van der Waals surface area contributed by atoms with Crippen LogP contribution in [0.4, 0.5) is 0 Å². The van der Waals surface area contributed by atoms with Crippen molar-refractivity contribution in [1.29, 1.82) is 5.26 Å². The monoisotopic (exact) mass is 275 g/mol. The molecular formula is C15H17NO4. The Morgan fingerprint density at radius 3 is 2.60 bits per heavy atom. The Morgan fingerprint density at radius 1 is 1.30 bits per heavy atom. The van der Waals surface area contributed by atoms with Gasteiger partial charge in [-0.25, -0.2) is 4.79 Å². The first-order valence-corrected chi connectivity index (χ1v) is 6.35. The van der Waals surface area contributed by atoms with Gasteiger partial charge in [0.25, 0.3) is 0 Å². The van der Waals surface area contributed by atoms with Crippen molar-refractivity contribution < 1.29 is 19.1 Å². The van der Waals surface area contributed by atoms with Crippen LogP contribution < -0.4 is 0 Å². The second-order valence-electron chi connectivity index (χ2n) is 4.08. The van der Waals surface area contributed by atoms with Gasteiger partial charge in [0.2, 0.25) is 0 Å². The number of hydrogen-bond acceptors (Lipinski definition) is 5. The number of rotatable bonds is 6. The van der Waals surface area contributed by atoms with Gasteiger partial charge in [-0.1, -0.05) is 18.2 Å². The van der Waals surface area contributed by atoms with Crippen LogP contribution in [0.1, 0.15) is 34.8 Å². The summed E-state index contributed by atoms with van der Waals surface area (Å²) in [6.45, 7) is 1.98. The maximum absolute atomic E-state index is 12.0. The molecule has 0 saturated carbocycles. The van der Waals surface area contributed by atoms with Crippen LogP contribution in [0.2, 0.25) is 0 Å². The number of carbonyl (C=O) groups excluding carboxylic acids is 2. The van der Waals surface area contributed by atoms with Gasteiger partial charge in [0, 0.05) is 6.42 Å². The third kappa shape index (κ3) is 4.09. The minimum atomic E-state index is -0.460. The molecule has 0 aromatic heterocycles. The molecule has 0 aliphatic heterocycles. The molecule has 1 aromatic rings. The number of ether oxygens (including phenoxy) is 2. The summed E-state index contributed by atoms with van der Waals surface area (Å²) in [6, 6.07) is 7.27. The Kier molecular flexibility index (Phi) is 6.24.